The normalized spacial score (nSPS) is 11.0. The standard InChI is InChI=1S/C16H23FN4O/c1-5-10-18-16(19-11-15(22)20(2)3)21(4)12-13-6-8-14(17)9-7-13/h5-9H,1,10-12H2,2-4H3,(H,18,19). The molecular formula is C16H23FN4O. The summed E-state index contributed by atoms with van der Waals surface area (Å²) in [4.78, 5) is 19.3. The first-order valence-electron chi connectivity index (χ1n) is 6.99. The number of amides is 1. The number of rotatable bonds is 6. The Labute approximate surface area is 131 Å². The quantitative estimate of drug-likeness (QED) is 0.492. The van der Waals surface area contributed by atoms with Gasteiger partial charge in [0.15, 0.2) is 5.96 Å². The summed E-state index contributed by atoms with van der Waals surface area (Å²) in [7, 11) is 5.24. The Morgan fingerprint density at radius 2 is 1.95 bits per heavy atom. The minimum atomic E-state index is -0.262. The summed E-state index contributed by atoms with van der Waals surface area (Å²) < 4.78 is 12.9. The van der Waals surface area contributed by atoms with Gasteiger partial charge in [0.05, 0.1) is 0 Å². The minimum Gasteiger partial charge on any atom is -0.353 e. The van der Waals surface area contributed by atoms with E-state index < -0.39 is 0 Å². The van der Waals surface area contributed by atoms with Crippen molar-refractivity contribution in [2.24, 2.45) is 4.99 Å². The van der Waals surface area contributed by atoms with Gasteiger partial charge in [-0.3, -0.25) is 4.79 Å². The molecule has 1 amide bonds. The molecule has 0 aliphatic carbocycles. The Bertz CT molecular complexity index is 525. The number of benzene rings is 1. The lowest BCUT2D eigenvalue weighted by molar-refractivity contribution is -0.127. The Hall–Kier alpha value is -2.37. The first-order valence-corrected chi connectivity index (χ1v) is 6.99. The van der Waals surface area contributed by atoms with E-state index in [0.29, 0.717) is 19.0 Å². The molecule has 5 nitrogen and oxygen atoms in total. The highest BCUT2D eigenvalue weighted by molar-refractivity contribution is 5.84. The molecule has 120 valence electrons. The molecule has 0 aromatic heterocycles. The summed E-state index contributed by atoms with van der Waals surface area (Å²) in [5.74, 6) is 0.258. The van der Waals surface area contributed by atoms with E-state index in [-0.39, 0.29) is 18.3 Å². The molecule has 0 saturated carbocycles. The van der Waals surface area contributed by atoms with Gasteiger partial charge in [-0.15, -0.1) is 6.58 Å². The van der Waals surface area contributed by atoms with Gasteiger partial charge in [0.25, 0.3) is 0 Å². The zero-order valence-corrected chi connectivity index (χ0v) is 13.3. The molecule has 0 spiro atoms. The van der Waals surface area contributed by atoms with E-state index in [1.807, 2.05) is 11.9 Å². The Morgan fingerprint density at radius 1 is 1.32 bits per heavy atom. The lowest BCUT2D eigenvalue weighted by Gasteiger charge is -2.22. The van der Waals surface area contributed by atoms with E-state index in [9.17, 15) is 9.18 Å². The van der Waals surface area contributed by atoms with Crippen molar-refractivity contribution in [1.82, 2.24) is 15.1 Å². The van der Waals surface area contributed by atoms with Crippen molar-refractivity contribution in [3.8, 4) is 0 Å². The fourth-order valence-electron chi connectivity index (χ4n) is 1.70. The second-order valence-electron chi connectivity index (χ2n) is 5.08. The van der Waals surface area contributed by atoms with E-state index in [1.54, 1.807) is 32.3 Å². The van der Waals surface area contributed by atoms with Crippen molar-refractivity contribution in [1.29, 1.82) is 0 Å². The van der Waals surface area contributed by atoms with Gasteiger partial charge < -0.3 is 15.1 Å². The van der Waals surface area contributed by atoms with Gasteiger partial charge in [-0.05, 0) is 17.7 Å². The zero-order chi connectivity index (χ0) is 16.5. The molecule has 0 unspecified atom stereocenters. The van der Waals surface area contributed by atoms with Crippen LogP contribution in [0.3, 0.4) is 0 Å². The van der Waals surface area contributed by atoms with Gasteiger partial charge in [0.2, 0.25) is 5.91 Å². The van der Waals surface area contributed by atoms with Gasteiger partial charge in [0, 0.05) is 34.2 Å². The number of hydrogen-bond donors (Lipinski definition) is 1. The fourth-order valence-corrected chi connectivity index (χ4v) is 1.70. The molecule has 22 heavy (non-hydrogen) atoms. The molecule has 1 rings (SSSR count). The molecule has 1 N–H and O–H groups in total. The molecular weight excluding hydrogens is 283 g/mol. The Morgan fingerprint density at radius 3 is 2.50 bits per heavy atom. The number of likely N-dealkylation sites (N-methyl/N-ethyl adjacent to an activating group) is 1. The predicted octanol–water partition coefficient (Wildman–Crippen LogP) is 1.48. The monoisotopic (exact) mass is 306 g/mol. The van der Waals surface area contributed by atoms with E-state index in [1.165, 1.54) is 17.0 Å². The van der Waals surface area contributed by atoms with Crippen LogP contribution in [0.1, 0.15) is 5.56 Å². The lowest BCUT2D eigenvalue weighted by atomic mass is 10.2. The molecule has 0 heterocycles. The van der Waals surface area contributed by atoms with Crippen LogP contribution in [-0.2, 0) is 11.3 Å². The summed E-state index contributed by atoms with van der Waals surface area (Å²) in [6.45, 7) is 4.83. The first-order chi connectivity index (χ1) is 10.4. The van der Waals surface area contributed by atoms with Gasteiger partial charge in [0.1, 0.15) is 12.4 Å². The average Bonchev–Trinajstić information content (AvgIpc) is 2.49. The molecule has 0 atom stereocenters. The lowest BCUT2D eigenvalue weighted by Crippen LogP contribution is -2.39. The number of guanidine groups is 1. The topological polar surface area (TPSA) is 47.9 Å². The molecule has 0 aliphatic rings. The molecule has 1 aromatic carbocycles. The van der Waals surface area contributed by atoms with E-state index in [2.05, 4.69) is 16.9 Å². The molecule has 0 radical (unpaired) electrons. The maximum absolute atomic E-state index is 12.9. The summed E-state index contributed by atoms with van der Waals surface area (Å²) in [6.07, 6.45) is 1.72. The first kappa shape index (κ1) is 17.7. The van der Waals surface area contributed by atoms with E-state index in [0.717, 1.165) is 5.56 Å². The van der Waals surface area contributed by atoms with Gasteiger partial charge in [-0.1, -0.05) is 18.2 Å². The third kappa shape index (κ3) is 5.95. The smallest absolute Gasteiger partial charge is 0.243 e. The molecule has 0 aliphatic heterocycles. The van der Waals surface area contributed by atoms with Crippen LogP contribution >= 0.6 is 0 Å². The third-order valence-corrected chi connectivity index (χ3v) is 2.96. The van der Waals surface area contributed by atoms with Crippen molar-refractivity contribution in [2.45, 2.75) is 6.54 Å². The summed E-state index contributed by atoms with van der Waals surface area (Å²) in [5, 5.41) is 3.11. The zero-order valence-electron chi connectivity index (χ0n) is 13.3. The van der Waals surface area contributed by atoms with Crippen LogP contribution in [0.15, 0.2) is 41.9 Å². The van der Waals surface area contributed by atoms with Gasteiger partial charge in [-0.25, -0.2) is 9.38 Å². The highest BCUT2D eigenvalue weighted by atomic mass is 19.1. The third-order valence-electron chi connectivity index (χ3n) is 2.96. The van der Waals surface area contributed by atoms with Crippen molar-refractivity contribution in [3.63, 3.8) is 0 Å². The number of aliphatic imine (C=N–C) groups is 1. The van der Waals surface area contributed by atoms with Crippen molar-refractivity contribution >= 4 is 11.9 Å². The van der Waals surface area contributed by atoms with Crippen LogP contribution in [-0.4, -0.2) is 55.9 Å². The van der Waals surface area contributed by atoms with Crippen LogP contribution in [0.25, 0.3) is 0 Å². The maximum atomic E-state index is 12.9. The molecule has 6 heteroatoms. The van der Waals surface area contributed by atoms with Crippen LogP contribution in [0.4, 0.5) is 4.39 Å². The average molecular weight is 306 g/mol. The molecule has 0 bridgehead atoms. The van der Waals surface area contributed by atoms with Crippen molar-refractivity contribution < 1.29 is 9.18 Å². The Kier molecular flexibility index (Phi) is 7.08. The van der Waals surface area contributed by atoms with Crippen molar-refractivity contribution in [2.75, 3.05) is 34.2 Å². The number of nitrogens with zero attached hydrogens (tertiary/aromatic N) is 3. The summed E-state index contributed by atoms with van der Waals surface area (Å²) in [5.41, 5.74) is 0.955. The minimum absolute atomic E-state index is 0.0697. The highest BCUT2D eigenvalue weighted by Gasteiger charge is 2.09. The SMILES string of the molecule is C=CCNC(=NCC(=O)N(C)C)N(C)Cc1ccc(F)cc1. The van der Waals surface area contributed by atoms with Crippen LogP contribution in [0, 0.1) is 5.82 Å². The van der Waals surface area contributed by atoms with E-state index >= 15 is 0 Å². The Balaban J connectivity index is 2.76. The van der Waals surface area contributed by atoms with Crippen molar-refractivity contribution in [3.05, 3.63) is 48.3 Å². The summed E-state index contributed by atoms with van der Waals surface area (Å²) >= 11 is 0. The molecule has 0 saturated heterocycles. The summed E-state index contributed by atoms with van der Waals surface area (Å²) in [6, 6.07) is 6.29. The fraction of sp³-hybridized carbons (Fsp3) is 0.375. The molecule has 1 aromatic rings. The number of nitrogens with one attached hydrogen (secondary N) is 1. The van der Waals surface area contributed by atoms with Crippen LogP contribution in [0.5, 0.6) is 0 Å². The predicted molar refractivity (Wildman–Crippen MR) is 87.1 cm³/mol. The van der Waals surface area contributed by atoms with Gasteiger partial charge in [-0.2, -0.15) is 0 Å². The highest BCUT2D eigenvalue weighted by Crippen LogP contribution is 2.05. The second kappa shape index (κ2) is 8.81. The molecule has 0 fully saturated rings. The number of carbonyl (C=O) groups excluding carboxylic acids is 1. The van der Waals surface area contributed by atoms with Crippen LogP contribution < -0.4 is 5.32 Å². The number of halogens is 1. The van der Waals surface area contributed by atoms with Gasteiger partial charge >= 0.3 is 0 Å². The van der Waals surface area contributed by atoms with Crippen LogP contribution in [0.2, 0.25) is 0 Å². The van der Waals surface area contributed by atoms with E-state index in [4.69, 9.17) is 0 Å². The largest absolute Gasteiger partial charge is 0.353 e. The number of hydrogen-bond acceptors (Lipinski definition) is 2. The maximum Gasteiger partial charge on any atom is 0.243 e. The number of carbonyl (C=O) groups is 1. The second-order valence-corrected chi connectivity index (χ2v) is 5.08.